The zero-order valence-corrected chi connectivity index (χ0v) is 28.2. The zero-order chi connectivity index (χ0) is 28.8. The summed E-state index contributed by atoms with van der Waals surface area (Å²) in [6, 6.07) is 0. The van der Waals surface area contributed by atoms with E-state index in [0.29, 0.717) is 0 Å². The summed E-state index contributed by atoms with van der Waals surface area (Å²) in [5, 5.41) is 0. The highest BCUT2D eigenvalue weighted by Gasteiger charge is 2.16. The average Bonchev–Trinajstić information content (AvgIpc) is 3.35. The number of unbranched alkanes of at least 4 members (excludes halogenated alkanes) is 26. The van der Waals surface area contributed by atoms with Crippen molar-refractivity contribution in [3.05, 3.63) is 18.2 Å². The Balaban J connectivity index is 2.15. The summed E-state index contributed by atoms with van der Waals surface area (Å²) < 4.78 is 5.21. The Labute approximate surface area is 253 Å². The average molecular weight is 560 g/mol. The van der Waals surface area contributed by atoms with Gasteiger partial charge in [-0.05, 0) is 32.1 Å². The predicted octanol–water partition coefficient (Wildman–Crippen LogP) is 12.7. The molecule has 236 valence electrons. The summed E-state index contributed by atoms with van der Waals surface area (Å²) in [4.78, 5) is 0. The summed E-state index contributed by atoms with van der Waals surface area (Å²) in [6.07, 6.45) is 47.5. The van der Waals surface area contributed by atoms with Crippen LogP contribution in [0.2, 0.25) is 0 Å². The lowest BCUT2D eigenvalue weighted by Crippen LogP contribution is -2.37. The van der Waals surface area contributed by atoms with Crippen LogP contribution < -0.4 is 4.57 Å². The fourth-order valence-electron chi connectivity index (χ4n) is 6.33. The molecule has 0 spiro atoms. The molecule has 0 aromatic carbocycles. The van der Waals surface area contributed by atoms with Crippen LogP contribution in [0.1, 0.15) is 213 Å². The quantitative estimate of drug-likeness (QED) is 0.0613. The van der Waals surface area contributed by atoms with Crippen molar-refractivity contribution in [1.29, 1.82) is 0 Å². The molecule has 1 aromatic rings. The molecular weight excluding hydrogens is 484 g/mol. The van der Waals surface area contributed by atoms with Crippen LogP contribution in [0.15, 0.2) is 12.4 Å². The van der Waals surface area contributed by atoms with Crippen LogP contribution in [0.3, 0.4) is 0 Å². The van der Waals surface area contributed by atoms with Crippen LogP contribution in [0.25, 0.3) is 0 Å². The fourth-order valence-corrected chi connectivity index (χ4v) is 6.33. The van der Waals surface area contributed by atoms with Crippen LogP contribution in [-0.4, -0.2) is 4.57 Å². The first-order chi connectivity index (χ1) is 19.8. The SMILES string of the molecule is CCCCCCCCCCCCCCCCCc1n(CCCCCCCCCCCCC)cc[n+]1CCCCC. The molecule has 1 heterocycles. The third-order valence-corrected chi connectivity index (χ3v) is 9.10. The van der Waals surface area contributed by atoms with Gasteiger partial charge < -0.3 is 0 Å². The van der Waals surface area contributed by atoms with Crippen molar-refractivity contribution < 1.29 is 4.57 Å². The molecular formula is C38H75N2+. The van der Waals surface area contributed by atoms with Crippen molar-refractivity contribution in [1.82, 2.24) is 4.57 Å². The van der Waals surface area contributed by atoms with Crippen molar-refractivity contribution in [3.63, 3.8) is 0 Å². The van der Waals surface area contributed by atoms with E-state index in [4.69, 9.17) is 0 Å². The molecule has 0 N–H and O–H groups in total. The summed E-state index contributed by atoms with van der Waals surface area (Å²) >= 11 is 0. The minimum atomic E-state index is 1.22. The number of hydrogen-bond acceptors (Lipinski definition) is 0. The number of rotatable bonds is 32. The van der Waals surface area contributed by atoms with Gasteiger partial charge in [-0.2, -0.15) is 0 Å². The van der Waals surface area contributed by atoms with Crippen LogP contribution >= 0.6 is 0 Å². The zero-order valence-electron chi connectivity index (χ0n) is 28.2. The third kappa shape index (κ3) is 21.9. The standard InChI is InChI=1S/C38H75N2/c1-4-7-10-12-14-16-18-19-20-21-22-24-26-28-30-33-38-39(34-31-9-6-3)36-37-40(38)35-32-29-27-25-23-17-15-13-11-8-5-2/h36-37H,4-35H2,1-3H3/q+1. The number of hydrogen-bond donors (Lipinski definition) is 0. The van der Waals surface area contributed by atoms with Gasteiger partial charge in [-0.1, -0.05) is 175 Å². The second-order valence-electron chi connectivity index (χ2n) is 13.0. The van der Waals surface area contributed by atoms with Gasteiger partial charge >= 0.3 is 0 Å². The van der Waals surface area contributed by atoms with Crippen molar-refractivity contribution >= 4 is 0 Å². The highest BCUT2D eigenvalue weighted by molar-refractivity contribution is 4.84. The maximum absolute atomic E-state index is 2.61. The predicted molar refractivity (Wildman–Crippen MR) is 179 cm³/mol. The van der Waals surface area contributed by atoms with E-state index in [1.807, 2.05) is 0 Å². The van der Waals surface area contributed by atoms with Gasteiger partial charge in [0.25, 0.3) is 5.82 Å². The van der Waals surface area contributed by atoms with E-state index in [-0.39, 0.29) is 0 Å². The molecule has 0 amide bonds. The highest BCUT2D eigenvalue weighted by Crippen LogP contribution is 2.15. The van der Waals surface area contributed by atoms with Crippen molar-refractivity contribution in [2.45, 2.75) is 226 Å². The first-order valence-electron chi connectivity index (χ1n) is 18.9. The molecule has 0 saturated carbocycles. The van der Waals surface area contributed by atoms with Crippen molar-refractivity contribution in [2.24, 2.45) is 0 Å². The second-order valence-corrected chi connectivity index (χ2v) is 13.0. The Morgan fingerprint density at radius 2 is 0.775 bits per heavy atom. The van der Waals surface area contributed by atoms with Gasteiger partial charge in [0.15, 0.2) is 0 Å². The summed E-state index contributed by atoms with van der Waals surface area (Å²) in [6.45, 7) is 9.38. The van der Waals surface area contributed by atoms with Gasteiger partial charge in [-0.3, -0.25) is 0 Å². The second kappa shape index (κ2) is 29.7. The molecule has 0 saturated heterocycles. The van der Waals surface area contributed by atoms with Gasteiger partial charge in [-0.15, -0.1) is 0 Å². The van der Waals surface area contributed by atoms with Gasteiger partial charge in [0.2, 0.25) is 0 Å². The van der Waals surface area contributed by atoms with Gasteiger partial charge in [-0.25, -0.2) is 9.13 Å². The summed E-state index contributed by atoms with van der Waals surface area (Å²) in [5.41, 5.74) is 0. The van der Waals surface area contributed by atoms with E-state index >= 15 is 0 Å². The molecule has 1 aromatic heterocycles. The Morgan fingerprint density at radius 1 is 0.425 bits per heavy atom. The van der Waals surface area contributed by atoms with Gasteiger partial charge in [0.05, 0.1) is 13.1 Å². The lowest BCUT2D eigenvalue weighted by molar-refractivity contribution is -0.704. The van der Waals surface area contributed by atoms with Crippen LogP contribution in [-0.2, 0) is 19.5 Å². The molecule has 2 nitrogen and oxygen atoms in total. The van der Waals surface area contributed by atoms with Gasteiger partial charge in [0.1, 0.15) is 12.4 Å². The lowest BCUT2D eigenvalue weighted by atomic mass is 10.0. The molecule has 0 aliphatic rings. The molecule has 0 radical (unpaired) electrons. The number of nitrogens with zero attached hydrogens (tertiary/aromatic N) is 2. The minimum Gasteiger partial charge on any atom is -0.234 e. The summed E-state index contributed by atoms with van der Waals surface area (Å²) in [5.74, 6) is 1.61. The largest absolute Gasteiger partial charge is 0.256 e. The molecule has 0 fully saturated rings. The van der Waals surface area contributed by atoms with E-state index in [1.54, 1.807) is 5.82 Å². The normalized spacial score (nSPS) is 11.6. The van der Waals surface area contributed by atoms with Crippen LogP contribution in [0, 0.1) is 0 Å². The number of aromatic nitrogens is 2. The number of imidazole rings is 1. The van der Waals surface area contributed by atoms with Crippen LogP contribution in [0.5, 0.6) is 0 Å². The Morgan fingerprint density at radius 3 is 1.20 bits per heavy atom. The van der Waals surface area contributed by atoms with E-state index < -0.39 is 0 Å². The molecule has 0 aliphatic heterocycles. The van der Waals surface area contributed by atoms with Crippen molar-refractivity contribution in [3.8, 4) is 0 Å². The molecule has 40 heavy (non-hydrogen) atoms. The Kier molecular flexibility index (Phi) is 27.6. The Hall–Kier alpha value is -0.790. The monoisotopic (exact) mass is 560 g/mol. The molecule has 2 heteroatoms. The first kappa shape index (κ1) is 37.2. The van der Waals surface area contributed by atoms with Crippen molar-refractivity contribution in [2.75, 3.05) is 0 Å². The molecule has 0 bridgehead atoms. The van der Waals surface area contributed by atoms with Crippen LogP contribution in [0.4, 0.5) is 0 Å². The molecule has 0 unspecified atom stereocenters. The van der Waals surface area contributed by atoms with E-state index in [1.165, 1.54) is 206 Å². The highest BCUT2D eigenvalue weighted by atomic mass is 15.1. The Bertz CT molecular complexity index is 619. The van der Waals surface area contributed by atoms with Gasteiger partial charge in [0, 0.05) is 6.42 Å². The molecule has 0 atom stereocenters. The minimum absolute atomic E-state index is 1.22. The topological polar surface area (TPSA) is 8.81 Å². The lowest BCUT2D eigenvalue weighted by Gasteiger charge is -2.07. The summed E-state index contributed by atoms with van der Waals surface area (Å²) in [7, 11) is 0. The maximum Gasteiger partial charge on any atom is 0.256 e. The third-order valence-electron chi connectivity index (χ3n) is 9.10. The van der Waals surface area contributed by atoms with E-state index in [0.717, 1.165) is 0 Å². The first-order valence-corrected chi connectivity index (χ1v) is 18.9. The maximum atomic E-state index is 2.61. The smallest absolute Gasteiger partial charge is 0.234 e. The number of aryl methyl sites for hydroxylation is 2. The molecule has 1 rings (SSSR count). The fraction of sp³-hybridized carbons (Fsp3) is 0.921. The van der Waals surface area contributed by atoms with E-state index in [9.17, 15) is 0 Å². The molecule has 0 aliphatic carbocycles. The van der Waals surface area contributed by atoms with E-state index in [2.05, 4.69) is 42.3 Å².